The minimum absolute atomic E-state index is 0.168. The van der Waals surface area contributed by atoms with Crippen LogP contribution in [0.2, 0.25) is 0 Å². The molecule has 0 aromatic heterocycles. The summed E-state index contributed by atoms with van der Waals surface area (Å²) >= 11 is 0. The standard InChI is InChI=1S/C12H11NO2/c1-3-4-9-10-7-8(15-2)5-6-11(10)13-12(9)14/h3,5-7H,1,4H2,2H3. The van der Waals surface area contributed by atoms with Gasteiger partial charge in [-0.25, -0.2) is 4.99 Å². The van der Waals surface area contributed by atoms with Crippen molar-refractivity contribution in [2.24, 2.45) is 4.99 Å². The second-order valence-corrected chi connectivity index (χ2v) is 3.27. The second kappa shape index (κ2) is 3.69. The Kier molecular flexibility index (Phi) is 2.37. The highest BCUT2D eigenvalue weighted by Gasteiger charge is 2.14. The Hall–Kier alpha value is -1.90. The zero-order valence-corrected chi connectivity index (χ0v) is 8.49. The third-order valence-electron chi connectivity index (χ3n) is 2.36. The largest absolute Gasteiger partial charge is 0.497 e. The van der Waals surface area contributed by atoms with Crippen LogP contribution in [-0.4, -0.2) is 13.0 Å². The summed E-state index contributed by atoms with van der Waals surface area (Å²) in [5, 5.41) is 1.58. The van der Waals surface area contributed by atoms with Crippen LogP contribution in [0.25, 0.3) is 5.57 Å². The van der Waals surface area contributed by atoms with Crippen LogP contribution in [0.3, 0.4) is 0 Å². The van der Waals surface area contributed by atoms with E-state index >= 15 is 0 Å². The molecule has 0 unspecified atom stereocenters. The van der Waals surface area contributed by atoms with Gasteiger partial charge in [-0.3, -0.25) is 4.79 Å². The average molecular weight is 201 g/mol. The van der Waals surface area contributed by atoms with Crippen LogP contribution in [0.5, 0.6) is 5.75 Å². The smallest absolute Gasteiger partial charge is 0.274 e. The fourth-order valence-corrected chi connectivity index (χ4v) is 1.62. The van der Waals surface area contributed by atoms with Crippen molar-refractivity contribution in [2.75, 3.05) is 7.11 Å². The molecule has 0 atom stereocenters. The molecule has 1 aromatic carbocycles. The normalized spacial score (nSPS) is 13.4. The lowest BCUT2D eigenvalue weighted by atomic mass is 10.1. The molecule has 15 heavy (non-hydrogen) atoms. The van der Waals surface area contributed by atoms with E-state index in [2.05, 4.69) is 11.6 Å². The van der Waals surface area contributed by atoms with Crippen LogP contribution >= 0.6 is 0 Å². The van der Waals surface area contributed by atoms with Gasteiger partial charge in [0.25, 0.3) is 5.91 Å². The van der Waals surface area contributed by atoms with Gasteiger partial charge in [-0.1, -0.05) is 6.08 Å². The number of carbonyl (C=O) groups excluding carboxylic acids is 1. The second-order valence-electron chi connectivity index (χ2n) is 3.27. The van der Waals surface area contributed by atoms with Crippen molar-refractivity contribution in [3.05, 3.63) is 41.4 Å². The molecule has 0 radical (unpaired) electrons. The number of nitrogens with zero attached hydrogens (tertiary/aromatic N) is 1. The summed E-state index contributed by atoms with van der Waals surface area (Å²) in [5.41, 5.74) is 0.693. The van der Waals surface area contributed by atoms with E-state index in [-0.39, 0.29) is 5.91 Å². The van der Waals surface area contributed by atoms with E-state index in [1.807, 2.05) is 6.07 Å². The molecule has 0 N–H and O–H groups in total. The van der Waals surface area contributed by atoms with Crippen molar-refractivity contribution >= 4 is 11.5 Å². The predicted octanol–water partition coefficient (Wildman–Crippen LogP) is 0.582. The lowest BCUT2D eigenvalue weighted by molar-refractivity contribution is -0.112. The first-order valence-electron chi connectivity index (χ1n) is 4.67. The summed E-state index contributed by atoms with van der Waals surface area (Å²) in [6.45, 7) is 3.63. The SMILES string of the molecule is C=CCC1=c2cc(OC)ccc2=NC1=O. The van der Waals surface area contributed by atoms with Crippen LogP contribution in [0.1, 0.15) is 6.42 Å². The Morgan fingerprint density at radius 3 is 3.00 bits per heavy atom. The number of benzene rings is 1. The zero-order valence-electron chi connectivity index (χ0n) is 8.49. The molecule has 0 saturated heterocycles. The molecule has 1 aliphatic heterocycles. The monoisotopic (exact) mass is 201 g/mol. The van der Waals surface area contributed by atoms with Gasteiger partial charge in [0.1, 0.15) is 5.75 Å². The van der Waals surface area contributed by atoms with Gasteiger partial charge >= 0.3 is 0 Å². The highest BCUT2D eigenvalue weighted by Crippen LogP contribution is 2.09. The van der Waals surface area contributed by atoms with Crippen molar-refractivity contribution in [2.45, 2.75) is 6.42 Å². The number of allylic oxidation sites excluding steroid dienone is 1. The van der Waals surface area contributed by atoms with Gasteiger partial charge in [-0.2, -0.15) is 0 Å². The van der Waals surface area contributed by atoms with Crippen molar-refractivity contribution in [3.63, 3.8) is 0 Å². The molecular weight excluding hydrogens is 190 g/mol. The van der Waals surface area contributed by atoms with Crippen LogP contribution < -0.4 is 15.3 Å². The van der Waals surface area contributed by atoms with Gasteiger partial charge in [0.15, 0.2) is 0 Å². The number of hydrogen-bond donors (Lipinski definition) is 0. The van der Waals surface area contributed by atoms with Crippen LogP contribution in [0.4, 0.5) is 0 Å². The zero-order chi connectivity index (χ0) is 10.8. The molecule has 3 heteroatoms. The summed E-state index contributed by atoms with van der Waals surface area (Å²) < 4.78 is 5.11. The minimum atomic E-state index is -0.168. The average Bonchev–Trinajstić information content (AvgIpc) is 2.55. The van der Waals surface area contributed by atoms with E-state index in [0.717, 1.165) is 16.3 Å². The van der Waals surface area contributed by atoms with E-state index in [4.69, 9.17) is 4.74 Å². The highest BCUT2D eigenvalue weighted by atomic mass is 16.5. The fourth-order valence-electron chi connectivity index (χ4n) is 1.62. The minimum Gasteiger partial charge on any atom is -0.497 e. The molecular formula is C12H11NO2. The Morgan fingerprint density at radius 2 is 2.33 bits per heavy atom. The Balaban J connectivity index is 2.71. The van der Waals surface area contributed by atoms with E-state index in [1.54, 1.807) is 25.3 Å². The first-order valence-corrected chi connectivity index (χ1v) is 4.67. The van der Waals surface area contributed by atoms with Gasteiger partial charge in [0, 0.05) is 10.8 Å². The summed E-state index contributed by atoms with van der Waals surface area (Å²) in [5.74, 6) is 0.568. The maximum atomic E-state index is 11.5. The third kappa shape index (κ3) is 1.56. The molecule has 0 bridgehead atoms. The van der Waals surface area contributed by atoms with Gasteiger partial charge < -0.3 is 4.74 Å². The number of amides is 1. The van der Waals surface area contributed by atoms with E-state index < -0.39 is 0 Å². The van der Waals surface area contributed by atoms with Gasteiger partial charge in [0.05, 0.1) is 12.5 Å². The lowest BCUT2D eigenvalue weighted by Gasteiger charge is -1.97. The lowest BCUT2D eigenvalue weighted by Crippen LogP contribution is -2.22. The molecule has 76 valence electrons. The van der Waals surface area contributed by atoms with E-state index in [0.29, 0.717) is 12.0 Å². The van der Waals surface area contributed by atoms with Crippen LogP contribution in [0, 0.1) is 0 Å². The predicted molar refractivity (Wildman–Crippen MR) is 57.0 cm³/mol. The molecule has 1 amide bonds. The summed E-state index contributed by atoms with van der Waals surface area (Å²) in [4.78, 5) is 15.5. The van der Waals surface area contributed by atoms with Gasteiger partial charge in [-0.05, 0) is 24.6 Å². The summed E-state index contributed by atoms with van der Waals surface area (Å²) in [6, 6.07) is 5.43. The Bertz CT molecular complexity index is 543. The molecule has 2 rings (SSSR count). The Morgan fingerprint density at radius 1 is 1.53 bits per heavy atom. The van der Waals surface area contributed by atoms with Crippen molar-refractivity contribution in [1.29, 1.82) is 0 Å². The summed E-state index contributed by atoms with van der Waals surface area (Å²) in [7, 11) is 1.60. The number of carbonyl (C=O) groups is 1. The molecule has 3 nitrogen and oxygen atoms in total. The Labute approximate surface area is 87.4 Å². The fraction of sp³-hybridized carbons (Fsp3) is 0.167. The van der Waals surface area contributed by atoms with Crippen molar-refractivity contribution in [3.8, 4) is 5.75 Å². The molecule has 0 saturated carbocycles. The quantitative estimate of drug-likeness (QED) is 0.671. The number of rotatable bonds is 3. The highest BCUT2D eigenvalue weighted by molar-refractivity contribution is 6.15. The molecule has 0 aliphatic carbocycles. The maximum absolute atomic E-state index is 11.5. The summed E-state index contributed by atoms with van der Waals surface area (Å²) in [6.07, 6.45) is 2.25. The maximum Gasteiger partial charge on any atom is 0.274 e. The first-order chi connectivity index (χ1) is 7.26. The van der Waals surface area contributed by atoms with Gasteiger partial charge in [-0.15, -0.1) is 6.58 Å². The number of fused-ring (bicyclic) bond motifs is 1. The van der Waals surface area contributed by atoms with Crippen LogP contribution in [0.15, 0.2) is 35.8 Å². The molecule has 1 aliphatic rings. The molecule has 0 fully saturated rings. The topological polar surface area (TPSA) is 38.7 Å². The van der Waals surface area contributed by atoms with E-state index in [1.165, 1.54) is 0 Å². The molecule has 1 aromatic rings. The number of ether oxygens (including phenoxy) is 1. The van der Waals surface area contributed by atoms with Crippen molar-refractivity contribution in [1.82, 2.24) is 0 Å². The van der Waals surface area contributed by atoms with Crippen molar-refractivity contribution < 1.29 is 9.53 Å². The molecule has 0 spiro atoms. The number of methoxy groups -OCH3 is 1. The van der Waals surface area contributed by atoms with Gasteiger partial charge in [0.2, 0.25) is 0 Å². The van der Waals surface area contributed by atoms with Crippen LogP contribution in [-0.2, 0) is 4.79 Å². The number of hydrogen-bond acceptors (Lipinski definition) is 2. The molecule has 1 heterocycles. The first kappa shape index (κ1) is 9.65. The third-order valence-corrected chi connectivity index (χ3v) is 2.36. The van der Waals surface area contributed by atoms with E-state index in [9.17, 15) is 4.79 Å².